The lowest BCUT2D eigenvalue weighted by Gasteiger charge is -2.22. The first-order valence-electron chi connectivity index (χ1n) is 9.98. The Morgan fingerprint density at radius 3 is 2.48 bits per heavy atom. The summed E-state index contributed by atoms with van der Waals surface area (Å²) in [6, 6.07) is 11.0. The Labute approximate surface area is 179 Å². The maximum Gasteiger partial charge on any atom is 0.296 e. The fraction of sp³-hybridized carbons (Fsp3) is 0.250. The summed E-state index contributed by atoms with van der Waals surface area (Å²) < 4.78 is 16.6. The number of aryl methyl sites for hydroxylation is 1. The Hall–Kier alpha value is -3.74. The topological polar surface area (TPSA) is 93.1 Å². The van der Waals surface area contributed by atoms with E-state index in [1.807, 2.05) is 20.8 Å². The lowest BCUT2D eigenvalue weighted by atomic mass is 9.98. The molecule has 1 saturated heterocycles. The molecule has 0 saturated carbocycles. The van der Waals surface area contributed by atoms with Crippen molar-refractivity contribution < 1.29 is 28.3 Å². The number of carbonyl (C=O) groups excluding carboxylic acids is 2. The second kappa shape index (κ2) is 8.18. The lowest BCUT2D eigenvalue weighted by Crippen LogP contribution is -2.28. The third-order valence-corrected chi connectivity index (χ3v) is 5.07. The molecule has 0 spiro atoms. The van der Waals surface area contributed by atoms with Crippen LogP contribution in [0.4, 0.5) is 0 Å². The number of rotatable bonds is 6. The summed E-state index contributed by atoms with van der Waals surface area (Å²) in [4.78, 5) is 27.2. The minimum atomic E-state index is -0.869. The highest BCUT2D eigenvalue weighted by atomic mass is 16.5. The molecule has 1 atom stereocenters. The van der Waals surface area contributed by atoms with Crippen LogP contribution >= 0.6 is 0 Å². The third kappa shape index (κ3) is 3.86. The summed E-state index contributed by atoms with van der Waals surface area (Å²) in [5.74, 6) is -0.178. The molecule has 1 amide bonds. The van der Waals surface area contributed by atoms with Crippen molar-refractivity contribution in [1.82, 2.24) is 4.90 Å². The number of amides is 1. The molecule has 7 nitrogen and oxygen atoms in total. The highest BCUT2D eigenvalue weighted by Crippen LogP contribution is 2.40. The molecule has 31 heavy (non-hydrogen) atoms. The summed E-state index contributed by atoms with van der Waals surface area (Å²) in [7, 11) is 0. The van der Waals surface area contributed by atoms with Gasteiger partial charge in [-0.1, -0.05) is 0 Å². The molecule has 1 aliphatic rings. The predicted molar refractivity (Wildman–Crippen MR) is 112 cm³/mol. The molecule has 1 aromatic carbocycles. The monoisotopic (exact) mass is 421 g/mol. The Balaban J connectivity index is 1.79. The molecule has 3 heterocycles. The van der Waals surface area contributed by atoms with E-state index in [2.05, 4.69) is 0 Å². The number of hydrogen-bond donors (Lipinski definition) is 1. The minimum absolute atomic E-state index is 0.00373. The highest BCUT2D eigenvalue weighted by molar-refractivity contribution is 6.46. The number of carbonyl (C=O) groups is 2. The standard InChI is InChI=1S/C24H23NO6/c1-14(2)31-18-9-8-16(12-15(18)3)22(26)20-21(19-7-5-11-30-19)25(24(28)23(20)27)13-17-6-4-10-29-17/h4-12,14,21,26H,13H2,1-3H3/b22-20-. The number of benzene rings is 1. The third-order valence-electron chi connectivity index (χ3n) is 5.07. The van der Waals surface area contributed by atoms with Gasteiger partial charge in [-0.05, 0) is 68.8 Å². The van der Waals surface area contributed by atoms with E-state index in [4.69, 9.17) is 13.6 Å². The number of ketones is 1. The summed E-state index contributed by atoms with van der Waals surface area (Å²) in [6.07, 6.45) is 2.96. The molecule has 4 rings (SSSR count). The maximum atomic E-state index is 13.0. The van der Waals surface area contributed by atoms with E-state index in [1.165, 1.54) is 17.4 Å². The number of aliphatic hydroxyl groups excluding tert-OH is 1. The molecular weight excluding hydrogens is 398 g/mol. The van der Waals surface area contributed by atoms with Crippen LogP contribution in [0.1, 0.15) is 42.5 Å². The number of furan rings is 2. The average Bonchev–Trinajstić information content (AvgIpc) is 3.48. The van der Waals surface area contributed by atoms with Crippen molar-refractivity contribution in [3.63, 3.8) is 0 Å². The zero-order chi connectivity index (χ0) is 22.1. The summed E-state index contributed by atoms with van der Waals surface area (Å²) in [5, 5.41) is 11.1. The molecular formula is C24H23NO6. The van der Waals surface area contributed by atoms with E-state index >= 15 is 0 Å². The largest absolute Gasteiger partial charge is 0.507 e. The quantitative estimate of drug-likeness (QED) is 0.355. The van der Waals surface area contributed by atoms with Crippen LogP contribution in [0.2, 0.25) is 0 Å². The summed E-state index contributed by atoms with van der Waals surface area (Å²) in [6.45, 7) is 5.78. The molecule has 0 bridgehead atoms. The SMILES string of the molecule is Cc1cc(/C(O)=C2/C(=O)C(=O)N(Cc3ccco3)C2c2ccco2)ccc1OC(C)C. The van der Waals surface area contributed by atoms with Gasteiger partial charge >= 0.3 is 0 Å². The first-order valence-corrected chi connectivity index (χ1v) is 9.98. The van der Waals surface area contributed by atoms with Crippen LogP contribution in [-0.4, -0.2) is 27.8 Å². The molecule has 1 unspecified atom stereocenters. The van der Waals surface area contributed by atoms with E-state index in [0.29, 0.717) is 22.8 Å². The first kappa shape index (κ1) is 20.5. The number of aliphatic hydroxyl groups is 1. The molecule has 1 fully saturated rings. The van der Waals surface area contributed by atoms with Crippen molar-refractivity contribution in [2.24, 2.45) is 0 Å². The van der Waals surface area contributed by atoms with E-state index in [0.717, 1.165) is 5.56 Å². The fourth-order valence-corrected chi connectivity index (χ4v) is 3.69. The smallest absolute Gasteiger partial charge is 0.296 e. The van der Waals surface area contributed by atoms with E-state index < -0.39 is 17.7 Å². The van der Waals surface area contributed by atoms with Crippen molar-refractivity contribution in [2.75, 3.05) is 0 Å². The van der Waals surface area contributed by atoms with Crippen molar-refractivity contribution in [1.29, 1.82) is 0 Å². The normalized spacial score (nSPS) is 18.2. The molecule has 0 radical (unpaired) electrons. The predicted octanol–water partition coefficient (Wildman–Crippen LogP) is 4.59. The Morgan fingerprint density at radius 1 is 1.13 bits per heavy atom. The van der Waals surface area contributed by atoms with Crippen LogP contribution in [-0.2, 0) is 16.1 Å². The number of ether oxygens (including phenoxy) is 1. The van der Waals surface area contributed by atoms with Gasteiger partial charge in [-0.3, -0.25) is 9.59 Å². The Morgan fingerprint density at radius 2 is 1.87 bits per heavy atom. The van der Waals surface area contributed by atoms with Gasteiger partial charge in [0.25, 0.3) is 11.7 Å². The van der Waals surface area contributed by atoms with Gasteiger partial charge in [0, 0.05) is 5.56 Å². The maximum absolute atomic E-state index is 13.0. The summed E-state index contributed by atoms with van der Waals surface area (Å²) >= 11 is 0. The van der Waals surface area contributed by atoms with Crippen molar-refractivity contribution >= 4 is 17.4 Å². The van der Waals surface area contributed by atoms with Crippen molar-refractivity contribution in [2.45, 2.75) is 39.5 Å². The molecule has 7 heteroatoms. The van der Waals surface area contributed by atoms with Gasteiger partial charge in [0.1, 0.15) is 29.1 Å². The molecule has 3 aromatic rings. The van der Waals surface area contributed by atoms with E-state index in [-0.39, 0.29) is 24.0 Å². The summed E-state index contributed by atoms with van der Waals surface area (Å²) in [5.41, 5.74) is 1.20. The van der Waals surface area contributed by atoms with Crippen molar-refractivity contribution in [3.05, 3.63) is 83.2 Å². The highest BCUT2D eigenvalue weighted by Gasteiger charge is 2.47. The van der Waals surface area contributed by atoms with Gasteiger partial charge in [0.05, 0.1) is 30.7 Å². The minimum Gasteiger partial charge on any atom is -0.507 e. The Kier molecular flexibility index (Phi) is 5.42. The van der Waals surface area contributed by atoms with Crippen LogP contribution in [0, 0.1) is 6.92 Å². The lowest BCUT2D eigenvalue weighted by molar-refractivity contribution is -0.140. The zero-order valence-electron chi connectivity index (χ0n) is 17.5. The Bertz CT molecular complexity index is 1130. The second-order valence-corrected chi connectivity index (χ2v) is 7.67. The van der Waals surface area contributed by atoms with Gasteiger partial charge in [0.15, 0.2) is 0 Å². The number of likely N-dealkylation sites (tertiary alicyclic amines) is 1. The molecule has 1 aliphatic heterocycles. The van der Waals surface area contributed by atoms with Crippen LogP contribution < -0.4 is 4.74 Å². The van der Waals surface area contributed by atoms with Crippen molar-refractivity contribution in [3.8, 4) is 5.75 Å². The van der Waals surface area contributed by atoms with Gasteiger partial charge in [-0.2, -0.15) is 0 Å². The van der Waals surface area contributed by atoms with E-state index in [1.54, 1.807) is 42.5 Å². The first-order chi connectivity index (χ1) is 14.9. The van der Waals surface area contributed by atoms with Crippen LogP contribution in [0.5, 0.6) is 5.75 Å². The van der Waals surface area contributed by atoms with Crippen LogP contribution in [0.15, 0.2) is 69.4 Å². The van der Waals surface area contributed by atoms with Gasteiger partial charge < -0.3 is 23.6 Å². The van der Waals surface area contributed by atoms with Gasteiger partial charge in [-0.25, -0.2) is 0 Å². The molecule has 1 N–H and O–H groups in total. The number of Topliss-reactive ketones (excluding diaryl/α,β-unsaturated/α-hetero) is 1. The second-order valence-electron chi connectivity index (χ2n) is 7.67. The zero-order valence-corrected chi connectivity index (χ0v) is 17.5. The van der Waals surface area contributed by atoms with Gasteiger partial charge in [0.2, 0.25) is 0 Å². The average molecular weight is 421 g/mol. The number of nitrogens with zero attached hydrogens (tertiary/aromatic N) is 1. The molecule has 0 aliphatic carbocycles. The molecule has 2 aromatic heterocycles. The van der Waals surface area contributed by atoms with Crippen LogP contribution in [0.25, 0.3) is 5.76 Å². The fourth-order valence-electron chi connectivity index (χ4n) is 3.69. The molecule has 160 valence electrons. The van der Waals surface area contributed by atoms with Crippen LogP contribution in [0.3, 0.4) is 0 Å². The van der Waals surface area contributed by atoms with Gasteiger partial charge in [-0.15, -0.1) is 0 Å². The van der Waals surface area contributed by atoms with E-state index in [9.17, 15) is 14.7 Å². The number of hydrogen-bond acceptors (Lipinski definition) is 6.